The molecule has 126 valence electrons. The van der Waals surface area contributed by atoms with Crippen molar-refractivity contribution in [3.05, 3.63) is 0 Å². The summed E-state index contributed by atoms with van der Waals surface area (Å²) in [5.41, 5.74) is 0. The van der Waals surface area contributed by atoms with Crippen molar-refractivity contribution in [3.63, 3.8) is 0 Å². The molecule has 3 aliphatic rings. The fourth-order valence-corrected chi connectivity index (χ4v) is 3.94. The normalized spacial score (nSPS) is 26.7. The van der Waals surface area contributed by atoms with Gasteiger partial charge in [0.2, 0.25) is 5.91 Å². The van der Waals surface area contributed by atoms with Crippen molar-refractivity contribution >= 4 is 5.91 Å². The molecule has 3 rings (SSSR count). The third-order valence-corrected chi connectivity index (χ3v) is 5.64. The van der Waals surface area contributed by atoms with Gasteiger partial charge in [0.1, 0.15) is 0 Å². The van der Waals surface area contributed by atoms with E-state index in [0.29, 0.717) is 11.9 Å². The maximum atomic E-state index is 11.8. The molecule has 0 bridgehead atoms. The second-order valence-corrected chi connectivity index (χ2v) is 7.42. The van der Waals surface area contributed by atoms with E-state index in [2.05, 4.69) is 33.4 Å². The van der Waals surface area contributed by atoms with Gasteiger partial charge in [-0.2, -0.15) is 0 Å². The largest absolute Gasteiger partial charge is 0.341 e. The fourth-order valence-electron chi connectivity index (χ4n) is 3.94. The van der Waals surface area contributed by atoms with Crippen LogP contribution in [0.5, 0.6) is 0 Å². The standard InChI is InChI=1S/C17H32N4O/c1-15(2)19-9-11-20(12-10-19)16-13-18(14-16)7-8-21-6-4-3-5-17(21)22/h15-16H,3-14H2,1-2H3. The summed E-state index contributed by atoms with van der Waals surface area (Å²) in [7, 11) is 0. The van der Waals surface area contributed by atoms with E-state index in [4.69, 9.17) is 0 Å². The minimum atomic E-state index is 0.369. The summed E-state index contributed by atoms with van der Waals surface area (Å²) in [5.74, 6) is 0.369. The lowest BCUT2D eigenvalue weighted by molar-refractivity contribution is -0.133. The molecular formula is C17H32N4O. The zero-order chi connectivity index (χ0) is 15.5. The molecule has 3 aliphatic heterocycles. The zero-order valence-corrected chi connectivity index (χ0v) is 14.3. The van der Waals surface area contributed by atoms with Gasteiger partial charge in [-0.05, 0) is 26.7 Å². The van der Waals surface area contributed by atoms with Gasteiger partial charge in [-0.3, -0.25) is 19.5 Å². The Balaban J connectivity index is 1.32. The second-order valence-electron chi connectivity index (χ2n) is 7.42. The predicted molar refractivity (Wildman–Crippen MR) is 88.9 cm³/mol. The first kappa shape index (κ1) is 16.2. The van der Waals surface area contributed by atoms with Gasteiger partial charge in [0.05, 0.1) is 0 Å². The van der Waals surface area contributed by atoms with Crippen molar-refractivity contribution in [2.45, 2.75) is 45.2 Å². The van der Waals surface area contributed by atoms with E-state index in [9.17, 15) is 4.79 Å². The summed E-state index contributed by atoms with van der Waals surface area (Å²) in [6, 6.07) is 1.44. The summed E-state index contributed by atoms with van der Waals surface area (Å²) < 4.78 is 0. The van der Waals surface area contributed by atoms with Crippen molar-refractivity contribution in [1.29, 1.82) is 0 Å². The second kappa shape index (κ2) is 7.28. The number of rotatable bonds is 5. The quantitative estimate of drug-likeness (QED) is 0.748. The topological polar surface area (TPSA) is 30.0 Å². The van der Waals surface area contributed by atoms with Crippen LogP contribution >= 0.6 is 0 Å². The molecule has 22 heavy (non-hydrogen) atoms. The molecule has 3 fully saturated rings. The van der Waals surface area contributed by atoms with Gasteiger partial charge >= 0.3 is 0 Å². The Labute approximate surface area is 135 Å². The van der Waals surface area contributed by atoms with E-state index in [0.717, 1.165) is 38.5 Å². The van der Waals surface area contributed by atoms with Crippen LogP contribution in [0.25, 0.3) is 0 Å². The number of hydrogen-bond donors (Lipinski definition) is 0. The van der Waals surface area contributed by atoms with E-state index in [-0.39, 0.29) is 0 Å². The highest BCUT2D eigenvalue weighted by atomic mass is 16.2. The number of amides is 1. The van der Waals surface area contributed by atoms with Crippen LogP contribution in [-0.4, -0.2) is 96.5 Å². The molecule has 0 aliphatic carbocycles. The van der Waals surface area contributed by atoms with Crippen molar-refractivity contribution in [2.24, 2.45) is 0 Å². The van der Waals surface area contributed by atoms with Crippen LogP contribution in [0.2, 0.25) is 0 Å². The maximum Gasteiger partial charge on any atom is 0.222 e. The molecule has 0 N–H and O–H groups in total. The highest BCUT2D eigenvalue weighted by molar-refractivity contribution is 5.76. The maximum absolute atomic E-state index is 11.8. The number of nitrogens with zero attached hydrogens (tertiary/aromatic N) is 4. The highest BCUT2D eigenvalue weighted by Crippen LogP contribution is 2.18. The molecular weight excluding hydrogens is 276 g/mol. The number of likely N-dealkylation sites (tertiary alicyclic amines) is 2. The lowest BCUT2D eigenvalue weighted by Crippen LogP contribution is -2.64. The SMILES string of the molecule is CC(C)N1CCN(C2CN(CCN3CCCCC3=O)C2)CC1. The van der Waals surface area contributed by atoms with E-state index < -0.39 is 0 Å². The van der Waals surface area contributed by atoms with E-state index in [1.807, 2.05) is 0 Å². The summed E-state index contributed by atoms with van der Waals surface area (Å²) >= 11 is 0. The van der Waals surface area contributed by atoms with E-state index in [1.165, 1.54) is 45.7 Å². The molecule has 3 heterocycles. The van der Waals surface area contributed by atoms with E-state index >= 15 is 0 Å². The highest BCUT2D eigenvalue weighted by Gasteiger charge is 2.33. The van der Waals surface area contributed by atoms with Crippen LogP contribution in [0.1, 0.15) is 33.1 Å². The predicted octanol–water partition coefficient (Wildman–Crippen LogP) is 0.709. The minimum Gasteiger partial charge on any atom is -0.341 e. The summed E-state index contributed by atoms with van der Waals surface area (Å²) in [6.45, 7) is 14.8. The van der Waals surface area contributed by atoms with Gasteiger partial charge < -0.3 is 4.90 Å². The third kappa shape index (κ3) is 3.81. The molecule has 0 aromatic carbocycles. The molecule has 0 aromatic rings. The molecule has 0 radical (unpaired) electrons. The smallest absolute Gasteiger partial charge is 0.222 e. The van der Waals surface area contributed by atoms with Gasteiger partial charge in [-0.1, -0.05) is 0 Å². The molecule has 0 saturated carbocycles. The lowest BCUT2D eigenvalue weighted by atomic mass is 10.1. The van der Waals surface area contributed by atoms with Crippen LogP contribution in [-0.2, 0) is 4.79 Å². The Morgan fingerprint density at radius 2 is 1.73 bits per heavy atom. The number of piperazine rings is 1. The minimum absolute atomic E-state index is 0.369. The van der Waals surface area contributed by atoms with Crippen LogP contribution < -0.4 is 0 Å². The number of piperidine rings is 1. The molecule has 1 amide bonds. The van der Waals surface area contributed by atoms with Crippen molar-refractivity contribution in [3.8, 4) is 0 Å². The first-order chi connectivity index (χ1) is 10.6. The third-order valence-electron chi connectivity index (χ3n) is 5.64. The Kier molecular flexibility index (Phi) is 5.37. The van der Waals surface area contributed by atoms with Crippen LogP contribution in [0, 0.1) is 0 Å². The lowest BCUT2D eigenvalue weighted by Gasteiger charge is -2.49. The number of carbonyl (C=O) groups is 1. The number of carbonyl (C=O) groups excluding carboxylic acids is 1. The molecule has 0 unspecified atom stereocenters. The summed E-state index contributed by atoms with van der Waals surface area (Å²) in [6.07, 6.45) is 3.04. The van der Waals surface area contributed by atoms with Crippen LogP contribution in [0.15, 0.2) is 0 Å². The monoisotopic (exact) mass is 308 g/mol. The van der Waals surface area contributed by atoms with Gasteiger partial charge in [0, 0.05) is 77.4 Å². The first-order valence-corrected chi connectivity index (χ1v) is 9.11. The van der Waals surface area contributed by atoms with Crippen LogP contribution in [0.3, 0.4) is 0 Å². The van der Waals surface area contributed by atoms with Gasteiger partial charge in [0.15, 0.2) is 0 Å². The molecule has 5 nitrogen and oxygen atoms in total. The molecule has 0 spiro atoms. The Hall–Kier alpha value is -0.650. The molecule has 3 saturated heterocycles. The number of hydrogen-bond acceptors (Lipinski definition) is 4. The molecule has 0 atom stereocenters. The van der Waals surface area contributed by atoms with Gasteiger partial charge in [-0.25, -0.2) is 0 Å². The Morgan fingerprint density at radius 1 is 1.00 bits per heavy atom. The first-order valence-electron chi connectivity index (χ1n) is 9.11. The van der Waals surface area contributed by atoms with E-state index in [1.54, 1.807) is 0 Å². The van der Waals surface area contributed by atoms with Crippen molar-refractivity contribution < 1.29 is 4.79 Å². The van der Waals surface area contributed by atoms with Gasteiger partial charge in [-0.15, -0.1) is 0 Å². The average molecular weight is 308 g/mol. The Morgan fingerprint density at radius 3 is 2.36 bits per heavy atom. The molecule has 5 heteroatoms. The summed E-state index contributed by atoms with van der Waals surface area (Å²) in [5, 5.41) is 0. The van der Waals surface area contributed by atoms with Crippen molar-refractivity contribution in [2.75, 3.05) is 58.9 Å². The van der Waals surface area contributed by atoms with Gasteiger partial charge in [0.25, 0.3) is 0 Å². The Bertz CT molecular complexity index is 373. The summed E-state index contributed by atoms with van der Waals surface area (Å²) in [4.78, 5) is 21.6. The fraction of sp³-hybridized carbons (Fsp3) is 0.941. The van der Waals surface area contributed by atoms with Crippen LogP contribution in [0.4, 0.5) is 0 Å². The van der Waals surface area contributed by atoms with Crippen molar-refractivity contribution in [1.82, 2.24) is 19.6 Å². The molecule has 0 aromatic heterocycles. The average Bonchev–Trinajstić information content (AvgIpc) is 2.48. The zero-order valence-electron chi connectivity index (χ0n) is 14.3.